The standard InChI is InChI=1S/C26H24N2/c1-18-24-21(13-16-27-18)17-23(19-7-4-3-5-8-19)25(28-24)20-9-11-22(12-10-20)26(2)14-6-15-26/h3-5,7-13,16-17H,6,14-15H2,1-2H3. The summed E-state index contributed by atoms with van der Waals surface area (Å²) in [5.41, 5.74) is 8.30. The Balaban J connectivity index is 1.70. The van der Waals surface area contributed by atoms with Gasteiger partial charge in [-0.2, -0.15) is 0 Å². The number of hydrogen-bond donors (Lipinski definition) is 0. The second kappa shape index (κ2) is 6.56. The second-order valence-corrected chi connectivity index (χ2v) is 8.21. The number of pyridine rings is 2. The highest BCUT2D eigenvalue weighted by Gasteiger charge is 2.33. The summed E-state index contributed by atoms with van der Waals surface area (Å²) >= 11 is 0. The molecule has 1 saturated carbocycles. The van der Waals surface area contributed by atoms with Gasteiger partial charge in [-0.3, -0.25) is 4.98 Å². The summed E-state index contributed by atoms with van der Waals surface area (Å²) in [5.74, 6) is 0. The fourth-order valence-corrected chi connectivity index (χ4v) is 4.32. The first-order chi connectivity index (χ1) is 13.6. The number of hydrogen-bond acceptors (Lipinski definition) is 2. The number of aromatic nitrogens is 2. The van der Waals surface area contributed by atoms with Crippen LogP contribution in [0.4, 0.5) is 0 Å². The molecule has 2 aromatic carbocycles. The Bertz CT molecular complexity index is 1140. The molecule has 0 aliphatic heterocycles. The Kier molecular flexibility index (Phi) is 4.01. The first kappa shape index (κ1) is 17.1. The average Bonchev–Trinajstić information content (AvgIpc) is 2.72. The molecule has 0 N–H and O–H groups in total. The van der Waals surface area contributed by atoms with Gasteiger partial charge in [0, 0.05) is 22.7 Å². The molecule has 0 atom stereocenters. The molecule has 0 amide bonds. The molecule has 138 valence electrons. The van der Waals surface area contributed by atoms with Crippen LogP contribution < -0.4 is 0 Å². The topological polar surface area (TPSA) is 25.8 Å². The van der Waals surface area contributed by atoms with Crippen molar-refractivity contribution in [3.63, 3.8) is 0 Å². The molecule has 0 radical (unpaired) electrons. The SMILES string of the molecule is Cc1nccc2cc(-c3ccccc3)c(-c3ccc(C4(C)CCC4)cc3)nc12. The van der Waals surface area contributed by atoms with Gasteiger partial charge in [-0.05, 0) is 48.4 Å². The third-order valence-corrected chi connectivity index (χ3v) is 6.31. The minimum atomic E-state index is 0.359. The van der Waals surface area contributed by atoms with E-state index in [1.54, 1.807) is 0 Å². The van der Waals surface area contributed by atoms with Gasteiger partial charge in [0.1, 0.15) is 0 Å². The quantitative estimate of drug-likeness (QED) is 0.403. The molecule has 2 nitrogen and oxygen atoms in total. The van der Waals surface area contributed by atoms with Crippen molar-refractivity contribution < 1.29 is 0 Å². The van der Waals surface area contributed by atoms with E-state index in [4.69, 9.17) is 4.98 Å². The number of aryl methyl sites for hydroxylation is 1. The summed E-state index contributed by atoms with van der Waals surface area (Å²) < 4.78 is 0. The van der Waals surface area contributed by atoms with Crippen LogP contribution in [-0.4, -0.2) is 9.97 Å². The summed E-state index contributed by atoms with van der Waals surface area (Å²) in [4.78, 5) is 9.53. The summed E-state index contributed by atoms with van der Waals surface area (Å²) in [6.07, 6.45) is 5.79. The van der Waals surface area contributed by atoms with Gasteiger partial charge in [-0.25, -0.2) is 4.98 Å². The van der Waals surface area contributed by atoms with E-state index in [0.717, 1.165) is 27.9 Å². The number of rotatable bonds is 3. The van der Waals surface area contributed by atoms with Crippen molar-refractivity contribution in [1.82, 2.24) is 9.97 Å². The third kappa shape index (κ3) is 2.80. The first-order valence-electron chi connectivity index (χ1n) is 10.1. The minimum Gasteiger partial charge on any atom is -0.259 e. The van der Waals surface area contributed by atoms with Crippen LogP contribution in [-0.2, 0) is 5.41 Å². The molecular formula is C26H24N2. The number of benzene rings is 2. The van der Waals surface area contributed by atoms with Crippen LogP contribution in [0.15, 0.2) is 72.9 Å². The van der Waals surface area contributed by atoms with E-state index in [1.165, 1.54) is 36.0 Å². The lowest BCUT2D eigenvalue weighted by Gasteiger charge is -2.39. The van der Waals surface area contributed by atoms with Crippen molar-refractivity contribution in [3.05, 3.63) is 84.2 Å². The molecule has 1 aliphatic rings. The van der Waals surface area contributed by atoms with Gasteiger partial charge in [0.15, 0.2) is 0 Å². The van der Waals surface area contributed by atoms with Crippen LogP contribution in [0.5, 0.6) is 0 Å². The molecule has 2 heterocycles. The van der Waals surface area contributed by atoms with E-state index < -0.39 is 0 Å². The Morgan fingerprint density at radius 1 is 0.857 bits per heavy atom. The molecule has 0 saturated heterocycles. The van der Waals surface area contributed by atoms with E-state index in [2.05, 4.69) is 72.6 Å². The minimum absolute atomic E-state index is 0.359. The van der Waals surface area contributed by atoms with Gasteiger partial charge < -0.3 is 0 Å². The zero-order valence-corrected chi connectivity index (χ0v) is 16.4. The largest absolute Gasteiger partial charge is 0.259 e. The predicted molar refractivity (Wildman–Crippen MR) is 116 cm³/mol. The van der Waals surface area contributed by atoms with E-state index in [0.29, 0.717) is 5.41 Å². The van der Waals surface area contributed by atoms with Crippen LogP contribution in [0.1, 0.15) is 37.4 Å². The molecular weight excluding hydrogens is 340 g/mol. The van der Waals surface area contributed by atoms with Gasteiger partial charge in [-0.15, -0.1) is 0 Å². The zero-order valence-electron chi connectivity index (χ0n) is 16.4. The van der Waals surface area contributed by atoms with Crippen molar-refractivity contribution in [2.45, 2.75) is 38.5 Å². The van der Waals surface area contributed by atoms with Crippen molar-refractivity contribution >= 4 is 10.9 Å². The molecule has 28 heavy (non-hydrogen) atoms. The van der Waals surface area contributed by atoms with E-state index >= 15 is 0 Å². The van der Waals surface area contributed by atoms with Crippen LogP contribution in [0.25, 0.3) is 33.3 Å². The Labute approximate surface area is 166 Å². The summed E-state index contributed by atoms with van der Waals surface area (Å²) in [5, 5.41) is 1.13. The van der Waals surface area contributed by atoms with Gasteiger partial charge in [0.2, 0.25) is 0 Å². The molecule has 0 bridgehead atoms. The van der Waals surface area contributed by atoms with Crippen molar-refractivity contribution in [2.24, 2.45) is 0 Å². The summed E-state index contributed by atoms with van der Waals surface area (Å²) in [7, 11) is 0. The van der Waals surface area contributed by atoms with Crippen LogP contribution in [0.2, 0.25) is 0 Å². The van der Waals surface area contributed by atoms with Crippen molar-refractivity contribution in [1.29, 1.82) is 0 Å². The first-order valence-corrected chi connectivity index (χ1v) is 10.1. The van der Waals surface area contributed by atoms with E-state index in [-0.39, 0.29) is 0 Å². The van der Waals surface area contributed by atoms with E-state index in [1.807, 2.05) is 19.2 Å². The smallest absolute Gasteiger partial charge is 0.0922 e. The predicted octanol–water partition coefficient (Wildman–Crippen LogP) is 6.71. The fourth-order valence-electron chi connectivity index (χ4n) is 4.32. The maximum absolute atomic E-state index is 5.08. The fraction of sp³-hybridized carbons (Fsp3) is 0.231. The lowest BCUT2D eigenvalue weighted by molar-refractivity contribution is 0.272. The maximum Gasteiger partial charge on any atom is 0.0922 e. The van der Waals surface area contributed by atoms with Crippen molar-refractivity contribution in [2.75, 3.05) is 0 Å². The van der Waals surface area contributed by atoms with Gasteiger partial charge >= 0.3 is 0 Å². The molecule has 5 rings (SSSR count). The Morgan fingerprint density at radius 2 is 1.61 bits per heavy atom. The van der Waals surface area contributed by atoms with Gasteiger partial charge in [0.25, 0.3) is 0 Å². The zero-order chi connectivity index (χ0) is 19.1. The van der Waals surface area contributed by atoms with Gasteiger partial charge in [0.05, 0.1) is 16.9 Å². The maximum atomic E-state index is 5.08. The van der Waals surface area contributed by atoms with Crippen LogP contribution in [0, 0.1) is 6.92 Å². The Morgan fingerprint density at radius 3 is 2.29 bits per heavy atom. The lowest BCUT2D eigenvalue weighted by Crippen LogP contribution is -2.30. The van der Waals surface area contributed by atoms with Crippen LogP contribution in [0.3, 0.4) is 0 Å². The molecule has 1 fully saturated rings. The van der Waals surface area contributed by atoms with Crippen LogP contribution >= 0.6 is 0 Å². The number of fused-ring (bicyclic) bond motifs is 1. The average molecular weight is 364 g/mol. The number of nitrogens with zero attached hydrogens (tertiary/aromatic N) is 2. The normalized spacial score (nSPS) is 15.4. The van der Waals surface area contributed by atoms with E-state index in [9.17, 15) is 0 Å². The Hall–Kier alpha value is -3.00. The van der Waals surface area contributed by atoms with Crippen molar-refractivity contribution in [3.8, 4) is 22.4 Å². The molecule has 1 aliphatic carbocycles. The molecule has 2 aromatic heterocycles. The second-order valence-electron chi connectivity index (χ2n) is 8.21. The summed E-state index contributed by atoms with van der Waals surface area (Å²) in [6, 6.07) is 23.9. The highest BCUT2D eigenvalue weighted by atomic mass is 14.8. The molecule has 2 heteroatoms. The molecule has 0 spiro atoms. The highest BCUT2D eigenvalue weighted by Crippen LogP contribution is 2.44. The molecule has 4 aromatic rings. The third-order valence-electron chi connectivity index (χ3n) is 6.31. The monoisotopic (exact) mass is 364 g/mol. The summed E-state index contributed by atoms with van der Waals surface area (Å²) in [6.45, 7) is 4.41. The lowest BCUT2D eigenvalue weighted by atomic mass is 9.66. The van der Waals surface area contributed by atoms with Gasteiger partial charge in [-0.1, -0.05) is 67.9 Å². The molecule has 0 unspecified atom stereocenters. The highest BCUT2D eigenvalue weighted by molar-refractivity contribution is 5.92.